The first-order valence-electron chi connectivity index (χ1n) is 5.11. The summed E-state index contributed by atoms with van der Waals surface area (Å²) in [7, 11) is 0. The summed E-state index contributed by atoms with van der Waals surface area (Å²) in [5.41, 5.74) is 0.565. The molecule has 0 aliphatic carbocycles. The lowest BCUT2D eigenvalue weighted by molar-refractivity contribution is -0.122. The van der Waals surface area contributed by atoms with Crippen LogP contribution in [0, 0.1) is 0 Å². The Morgan fingerprint density at radius 3 is 2.35 bits per heavy atom. The van der Waals surface area contributed by atoms with Crippen molar-refractivity contribution in [3.8, 4) is 0 Å². The van der Waals surface area contributed by atoms with E-state index in [4.69, 9.17) is 0 Å². The van der Waals surface area contributed by atoms with Crippen molar-refractivity contribution in [1.82, 2.24) is 5.32 Å². The maximum Gasteiger partial charge on any atom is 0.405 e. The molecule has 0 fully saturated rings. The zero-order valence-corrected chi connectivity index (χ0v) is 9.29. The third-order valence-corrected chi connectivity index (χ3v) is 2.07. The van der Waals surface area contributed by atoms with Crippen molar-refractivity contribution in [2.24, 2.45) is 0 Å². The standard InChI is InChI=1S/C11H13F3N2O/c1-2-16(9-6-4-3-5-7-9)10(17)15-8-11(12,13)14/h3-7H,2,8H2,1H3,(H,15,17). The zero-order valence-electron chi connectivity index (χ0n) is 9.29. The number of carbonyl (C=O) groups is 1. The van der Waals surface area contributed by atoms with E-state index in [0.29, 0.717) is 12.2 Å². The molecule has 0 unspecified atom stereocenters. The molecule has 0 aliphatic rings. The van der Waals surface area contributed by atoms with Gasteiger partial charge in [-0.15, -0.1) is 0 Å². The second-order valence-electron chi connectivity index (χ2n) is 3.35. The first-order valence-corrected chi connectivity index (χ1v) is 5.11. The zero-order chi connectivity index (χ0) is 12.9. The van der Waals surface area contributed by atoms with Crippen molar-refractivity contribution in [3.05, 3.63) is 30.3 Å². The maximum atomic E-state index is 12.0. The molecule has 2 amide bonds. The van der Waals surface area contributed by atoms with E-state index in [1.54, 1.807) is 37.3 Å². The number of nitrogens with zero attached hydrogens (tertiary/aromatic N) is 1. The van der Waals surface area contributed by atoms with E-state index >= 15 is 0 Å². The molecular weight excluding hydrogens is 233 g/mol. The molecule has 1 rings (SSSR count). The Bertz CT molecular complexity index is 365. The van der Waals surface area contributed by atoms with Gasteiger partial charge in [0.1, 0.15) is 6.54 Å². The molecule has 0 radical (unpaired) electrons. The van der Waals surface area contributed by atoms with Crippen LogP contribution in [0.25, 0.3) is 0 Å². The van der Waals surface area contributed by atoms with Crippen LogP contribution >= 0.6 is 0 Å². The smallest absolute Gasteiger partial charge is 0.329 e. The van der Waals surface area contributed by atoms with Crippen LogP contribution in [0.3, 0.4) is 0 Å². The molecule has 1 aromatic carbocycles. The van der Waals surface area contributed by atoms with Crippen LogP contribution in [0.2, 0.25) is 0 Å². The molecule has 0 atom stereocenters. The van der Waals surface area contributed by atoms with Crippen molar-refractivity contribution in [2.75, 3.05) is 18.0 Å². The third kappa shape index (κ3) is 4.34. The van der Waals surface area contributed by atoms with Crippen molar-refractivity contribution >= 4 is 11.7 Å². The van der Waals surface area contributed by atoms with Crippen molar-refractivity contribution in [3.63, 3.8) is 0 Å². The number of para-hydroxylation sites is 1. The number of hydrogen-bond donors (Lipinski definition) is 1. The minimum atomic E-state index is -4.40. The van der Waals surface area contributed by atoms with E-state index < -0.39 is 18.8 Å². The number of carbonyl (C=O) groups excluding carboxylic acids is 1. The van der Waals surface area contributed by atoms with Crippen LogP contribution in [0.5, 0.6) is 0 Å². The van der Waals surface area contributed by atoms with Gasteiger partial charge in [0.2, 0.25) is 0 Å². The van der Waals surface area contributed by atoms with Gasteiger partial charge in [-0.2, -0.15) is 13.2 Å². The highest BCUT2D eigenvalue weighted by Crippen LogP contribution is 2.15. The first kappa shape index (κ1) is 13.3. The average Bonchev–Trinajstić information content (AvgIpc) is 2.28. The van der Waals surface area contributed by atoms with Crippen molar-refractivity contribution in [2.45, 2.75) is 13.1 Å². The highest BCUT2D eigenvalue weighted by molar-refractivity contribution is 5.91. The number of urea groups is 1. The summed E-state index contributed by atoms with van der Waals surface area (Å²) in [5, 5.41) is 1.83. The van der Waals surface area contributed by atoms with Gasteiger partial charge in [0.05, 0.1) is 0 Å². The molecule has 0 saturated carbocycles. The largest absolute Gasteiger partial charge is 0.405 e. The first-order chi connectivity index (χ1) is 7.94. The summed E-state index contributed by atoms with van der Waals surface area (Å²) >= 11 is 0. The number of hydrogen-bond acceptors (Lipinski definition) is 1. The lowest BCUT2D eigenvalue weighted by Crippen LogP contribution is -2.43. The predicted octanol–water partition coefficient (Wildman–Crippen LogP) is 2.78. The summed E-state index contributed by atoms with van der Waals surface area (Å²) in [5.74, 6) is 0. The normalized spacial score (nSPS) is 11.1. The fraction of sp³-hybridized carbons (Fsp3) is 0.364. The van der Waals surface area contributed by atoms with Gasteiger partial charge < -0.3 is 5.32 Å². The Kier molecular flexibility index (Phi) is 4.37. The van der Waals surface area contributed by atoms with Gasteiger partial charge in [-0.1, -0.05) is 18.2 Å². The van der Waals surface area contributed by atoms with E-state index in [0.717, 1.165) is 0 Å². The second kappa shape index (κ2) is 5.56. The average molecular weight is 246 g/mol. The monoisotopic (exact) mass is 246 g/mol. The van der Waals surface area contributed by atoms with Gasteiger partial charge >= 0.3 is 12.2 Å². The van der Waals surface area contributed by atoms with Gasteiger partial charge in [0.25, 0.3) is 0 Å². The third-order valence-electron chi connectivity index (χ3n) is 2.07. The molecule has 0 aromatic heterocycles. The van der Waals surface area contributed by atoms with Gasteiger partial charge in [-0.25, -0.2) is 4.79 Å². The van der Waals surface area contributed by atoms with E-state index in [2.05, 4.69) is 0 Å². The van der Waals surface area contributed by atoms with Gasteiger partial charge in [-0.3, -0.25) is 4.90 Å². The molecule has 0 aliphatic heterocycles. The number of nitrogens with one attached hydrogen (secondary N) is 1. The quantitative estimate of drug-likeness (QED) is 0.873. The lowest BCUT2D eigenvalue weighted by Gasteiger charge is -2.21. The Balaban J connectivity index is 2.66. The number of rotatable bonds is 3. The highest BCUT2D eigenvalue weighted by Gasteiger charge is 2.28. The highest BCUT2D eigenvalue weighted by atomic mass is 19.4. The fourth-order valence-electron chi connectivity index (χ4n) is 1.32. The molecule has 0 heterocycles. The second-order valence-corrected chi connectivity index (χ2v) is 3.35. The minimum Gasteiger partial charge on any atom is -0.329 e. The number of alkyl halides is 3. The number of amides is 2. The number of anilines is 1. The minimum absolute atomic E-state index is 0.299. The Morgan fingerprint density at radius 2 is 1.88 bits per heavy atom. The molecule has 0 bridgehead atoms. The summed E-state index contributed by atoms with van der Waals surface area (Å²) in [6.45, 7) is 0.670. The number of halogens is 3. The fourth-order valence-corrected chi connectivity index (χ4v) is 1.32. The van der Waals surface area contributed by atoms with Crippen LogP contribution in [-0.4, -0.2) is 25.3 Å². The molecule has 0 saturated heterocycles. The van der Waals surface area contributed by atoms with Crippen LogP contribution in [0.4, 0.5) is 23.7 Å². The van der Waals surface area contributed by atoms with Crippen LogP contribution in [-0.2, 0) is 0 Å². The number of benzene rings is 1. The summed E-state index contributed by atoms with van der Waals surface area (Å²) in [6, 6.07) is 7.78. The molecule has 6 heteroatoms. The Hall–Kier alpha value is -1.72. The SMILES string of the molecule is CCN(C(=O)NCC(F)(F)F)c1ccccc1. The van der Waals surface area contributed by atoms with E-state index in [9.17, 15) is 18.0 Å². The van der Waals surface area contributed by atoms with Crippen LogP contribution in [0.15, 0.2) is 30.3 Å². The predicted molar refractivity (Wildman–Crippen MR) is 58.9 cm³/mol. The van der Waals surface area contributed by atoms with E-state index in [-0.39, 0.29) is 0 Å². The molecule has 1 aromatic rings. The molecule has 0 spiro atoms. The van der Waals surface area contributed by atoms with Crippen molar-refractivity contribution in [1.29, 1.82) is 0 Å². The molecular formula is C11H13F3N2O. The summed E-state index contributed by atoms with van der Waals surface area (Å²) in [4.78, 5) is 12.8. The van der Waals surface area contributed by atoms with E-state index in [1.165, 1.54) is 4.90 Å². The summed E-state index contributed by atoms with van der Waals surface area (Å²) in [6.07, 6.45) is -4.40. The van der Waals surface area contributed by atoms with E-state index in [1.807, 2.05) is 5.32 Å². The Morgan fingerprint density at radius 1 is 1.29 bits per heavy atom. The van der Waals surface area contributed by atoms with Crippen LogP contribution in [0.1, 0.15) is 6.92 Å². The maximum absolute atomic E-state index is 12.0. The van der Waals surface area contributed by atoms with Gasteiger partial charge in [-0.05, 0) is 19.1 Å². The molecule has 1 N–H and O–H groups in total. The Labute approximate surface area is 97.2 Å². The summed E-state index contributed by atoms with van der Waals surface area (Å²) < 4.78 is 35.9. The van der Waals surface area contributed by atoms with Crippen LogP contribution < -0.4 is 10.2 Å². The van der Waals surface area contributed by atoms with Gasteiger partial charge in [0.15, 0.2) is 0 Å². The van der Waals surface area contributed by atoms with Gasteiger partial charge in [0, 0.05) is 12.2 Å². The topological polar surface area (TPSA) is 32.3 Å². The molecule has 3 nitrogen and oxygen atoms in total. The van der Waals surface area contributed by atoms with Crippen molar-refractivity contribution < 1.29 is 18.0 Å². The molecule has 17 heavy (non-hydrogen) atoms. The molecule has 94 valence electrons. The lowest BCUT2D eigenvalue weighted by atomic mass is 10.3.